The molecular weight excluding hydrogens is 273 g/mol. The van der Waals surface area contributed by atoms with Gasteiger partial charge in [-0.25, -0.2) is 0 Å². The normalized spacial score (nSPS) is 30.0. The summed E-state index contributed by atoms with van der Waals surface area (Å²) in [4.78, 5) is 25.7. The zero-order valence-electron chi connectivity index (χ0n) is 12.7. The SMILES string of the molecule is CC(C)OB1CCC[C@H]2CN(C(=O)CN)C[C@@]2(N)C(=O)O1. The quantitative estimate of drug-likeness (QED) is 0.670. The second-order valence-corrected chi connectivity index (χ2v) is 6.17. The maximum Gasteiger partial charge on any atom is 0.527 e. The number of hydrogen-bond donors (Lipinski definition) is 2. The van der Waals surface area contributed by atoms with E-state index in [0.717, 1.165) is 12.8 Å². The zero-order chi connectivity index (χ0) is 15.6. The molecule has 0 aromatic carbocycles. The van der Waals surface area contributed by atoms with Gasteiger partial charge in [0.1, 0.15) is 5.54 Å². The Morgan fingerprint density at radius 1 is 1.62 bits per heavy atom. The van der Waals surface area contributed by atoms with Crippen molar-refractivity contribution in [2.45, 2.75) is 44.7 Å². The highest BCUT2D eigenvalue weighted by atomic mass is 16.6. The Hall–Kier alpha value is -1.12. The minimum atomic E-state index is -1.15. The van der Waals surface area contributed by atoms with Crippen molar-refractivity contribution in [1.82, 2.24) is 4.90 Å². The van der Waals surface area contributed by atoms with Gasteiger partial charge in [-0.15, -0.1) is 0 Å². The Morgan fingerprint density at radius 3 is 2.95 bits per heavy atom. The molecule has 0 aliphatic carbocycles. The summed E-state index contributed by atoms with van der Waals surface area (Å²) in [7, 11) is -0.557. The predicted molar refractivity (Wildman–Crippen MR) is 78.2 cm³/mol. The third kappa shape index (κ3) is 3.38. The molecule has 4 N–H and O–H groups in total. The van der Waals surface area contributed by atoms with E-state index in [2.05, 4.69) is 0 Å². The molecule has 0 aromatic heterocycles. The van der Waals surface area contributed by atoms with E-state index in [4.69, 9.17) is 20.8 Å². The molecule has 2 aliphatic heterocycles. The van der Waals surface area contributed by atoms with Gasteiger partial charge in [0.05, 0.1) is 6.54 Å². The first-order valence-corrected chi connectivity index (χ1v) is 7.50. The maximum atomic E-state index is 12.4. The molecule has 8 heteroatoms. The molecule has 0 saturated carbocycles. The van der Waals surface area contributed by atoms with Crippen LogP contribution in [0.3, 0.4) is 0 Å². The zero-order valence-corrected chi connectivity index (χ0v) is 12.7. The van der Waals surface area contributed by atoms with Gasteiger partial charge in [-0.05, 0) is 26.6 Å². The van der Waals surface area contributed by atoms with Crippen molar-refractivity contribution in [1.29, 1.82) is 0 Å². The first-order chi connectivity index (χ1) is 9.86. The molecule has 2 saturated heterocycles. The number of likely N-dealkylation sites (tertiary alicyclic amines) is 1. The van der Waals surface area contributed by atoms with E-state index in [9.17, 15) is 9.59 Å². The monoisotopic (exact) mass is 297 g/mol. The van der Waals surface area contributed by atoms with Crippen molar-refractivity contribution in [3.8, 4) is 0 Å². The van der Waals surface area contributed by atoms with Crippen LogP contribution in [0.15, 0.2) is 0 Å². The number of nitrogens with zero attached hydrogens (tertiary/aromatic N) is 1. The molecule has 21 heavy (non-hydrogen) atoms. The highest BCUT2D eigenvalue weighted by Crippen LogP contribution is 2.33. The summed E-state index contributed by atoms with van der Waals surface area (Å²) in [6, 6.07) is 0. The largest absolute Gasteiger partial charge is 0.527 e. The first kappa shape index (κ1) is 16.3. The molecule has 0 unspecified atom stereocenters. The van der Waals surface area contributed by atoms with Crippen LogP contribution in [0.5, 0.6) is 0 Å². The van der Waals surface area contributed by atoms with Crippen LogP contribution in [0.1, 0.15) is 26.7 Å². The Bertz CT molecular complexity index is 420. The van der Waals surface area contributed by atoms with E-state index in [1.807, 2.05) is 13.8 Å². The highest BCUT2D eigenvalue weighted by Gasteiger charge is 2.53. The molecular formula is C13H24BN3O4. The van der Waals surface area contributed by atoms with Gasteiger partial charge in [-0.2, -0.15) is 0 Å². The van der Waals surface area contributed by atoms with Crippen LogP contribution in [0.25, 0.3) is 0 Å². The van der Waals surface area contributed by atoms with Gasteiger partial charge in [-0.1, -0.05) is 6.42 Å². The van der Waals surface area contributed by atoms with Gasteiger partial charge in [0.2, 0.25) is 5.91 Å². The summed E-state index contributed by atoms with van der Waals surface area (Å²) >= 11 is 0. The number of hydrogen-bond acceptors (Lipinski definition) is 6. The van der Waals surface area contributed by atoms with Crippen molar-refractivity contribution in [2.24, 2.45) is 17.4 Å². The van der Waals surface area contributed by atoms with E-state index in [1.54, 1.807) is 4.90 Å². The lowest BCUT2D eigenvalue weighted by molar-refractivity contribution is -0.144. The van der Waals surface area contributed by atoms with Crippen LogP contribution < -0.4 is 11.5 Å². The lowest BCUT2D eigenvalue weighted by Gasteiger charge is -2.32. The molecule has 0 aromatic rings. The van der Waals surface area contributed by atoms with Crippen molar-refractivity contribution in [2.75, 3.05) is 19.6 Å². The van der Waals surface area contributed by atoms with E-state index >= 15 is 0 Å². The van der Waals surface area contributed by atoms with Crippen LogP contribution >= 0.6 is 0 Å². The predicted octanol–water partition coefficient (Wildman–Crippen LogP) is -0.649. The molecule has 2 atom stereocenters. The molecule has 0 bridgehead atoms. The smallest absolute Gasteiger partial charge is 0.508 e. The highest BCUT2D eigenvalue weighted by molar-refractivity contribution is 6.47. The lowest BCUT2D eigenvalue weighted by Crippen LogP contribution is -2.58. The summed E-state index contributed by atoms with van der Waals surface area (Å²) in [6.07, 6.45) is 2.25. The molecule has 1 amide bonds. The molecule has 2 rings (SSSR count). The van der Waals surface area contributed by atoms with Crippen molar-refractivity contribution in [3.05, 3.63) is 0 Å². The summed E-state index contributed by atoms with van der Waals surface area (Å²) in [6.45, 7) is 4.35. The third-order valence-corrected chi connectivity index (χ3v) is 4.18. The Labute approximate surface area is 125 Å². The number of nitrogens with two attached hydrogens (primary N) is 2. The van der Waals surface area contributed by atoms with Gasteiger partial charge in [0.25, 0.3) is 0 Å². The molecule has 0 radical (unpaired) electrons. The standard InChI is InChI=1S/C13H24BN3O4/c1-9(2)20-14-5-3-4-10-7-17(11(18)6-15)8-13(10,16)12(19)21-14/h9-10H,3-8,15-16H2,1-2H3/t10-,13-/m0/s1. The van der Waals surface area contributed by atoms with Crippen molar-refractivity contribution < 1.29 is 18.9 Å². The van der Waals surface area contributed by atoms with Gasteiger partial charge in [0.15, 0.2) is 0 Å². The molecule has 7 nitrogen and oxygen atoms in total. The molecule has 0 spiro atoms. The summed E-state index contributed by atoms with van der Waals surface area (Å²) < 4.78 is 11.0. The number of carbonyl (C=O) groups excluding carboxylic acids is 2. The van der Waals surface area contributed by atoms with Gasteiger partial charge >= 0.3 is 13.1 Å². The Kier molecular flexibility index (Phi) is 4.90. The van der Waals surface area contributed by atoms with Gasteiger partial charge in [0, 0.05) is 25.1 Å². The molecule has 2 fully saturated rings. The van der Waals surface area contributed by atoms with E-state index in [-0.39, 0.29) is 31.0 Å². The topological polar surface area (TPSA) is 108 Å². The fraction of sp³-hybridized carbons (Fsp3) is 0.846. The first-order valence-electron chi connectivity index (χ1n) is 7.50. The fourth-order valence-corrected chi connectivity index (χ4v) is 3.06. The molecule has 2 aliphatic rings. The van der Waals surface area contributed by atoms with Crippen LogP contribution in [-0.2, 0) is 18.9 Å². The van der Waals surface area contributed by atoms with Crippen LogP contribution in [0.4, 0.5) is 0 Å². The number of carbonyl (C=O) groups is 2. The number of amides is 1. The van der Waals surface area contributed by atoms with Crippen molar-refractivity contribution in [3.63, 3.8) is 0 Å². The summed E-state index contributed by atoms with van der Waals surface area (Å²) in [5.41, 5.74) is 10.5. The second-order valence-electron chi connectivity index (χ2n) is 6.17. The molecule has 118 valence electrons. The minimum absolute atomic E-state index is 0.0226. The maximum absolute atomic E-state index is 12.4. The third-order valence-electron chi connectivity index (χ3n) is 4.18. The lowest BCUT2D eigenvalue weighted by atomic mass is 9.74. The second kappa shape index (κ2) is 6.33. The van der Waals surface area contributed by atoms with E-state index in [1.165, 1.54) is 0 Å². The average Bonchev–Trinajstić information content (AvgIpc) is 2.74. The Balaban J connectivity index is 2.11. The average molecular weight is 297 g/mol. The number of fused-ring (bicyclic) bond motifs is 1. The van der Waals surface area contributed by atoms with Gasteiger partial charge < -0.3 is 25.7 Å². The van der Waals surface area contributed by atoms with Crippen LogP contribution in [-0.4, -0.2) is 55.2 Å². The number of rotatable bonds is 3. The van der Waals surface area contributed by atoms with E-state index in [0.29, 0.717) is 12.9 Å². The summed E-state index contributed by atoms with van der Waals surface area (Å²) in [5.74, 6) is -0.750. The summed E-state index contributed by atoms with van der Waals surface area (Å²) in [5, 5.41) is 0. The minimum Gasteiger partial charge on any atom is -0.508 e. The fourth-order valence-electron chi connectivity index (χ4n) is 3.06. The Morgan fingerprint density at radius 2 is 2.33 bits per heavy atom. The van der Waals surface area contributed by atoms with Crippen LogP contribution in [0.2, 0.25) is 6.32 Å². The van der Waals surface area contributed by atoms with Crippen LogP contribution in [0, 0.1) is 5.92 Å². The van der Waals surface area contributed by atoms with E-state index < -0.39 is 18.6 Å². The van der Waals surface area contributed by atoms with Crippen molar-refractivity contribution >= 4 is 19.0 Å². The molecule has 2 heterocycles. The van der Waals surface area contributed by atoms with Gasteiger partial charge in [-0.3, -0.25) is 9.59 Å².